The minimum absolute atomic E-state index is 0.0223. The molecule has 3 rings (SSSR count). The zero-order valence-electron chi connectivity index (χ0n) is 18.3. The Labute approximate surface area is 184 Å². The molecule has 9 heteroatoms. The maximum absolute atomic E-state index is 13.3. The Morgan fingerprint density at radius 2 is 1.88 bits per heavy atom. The van der Waals surface area contributed by atoms with Gasteiger partial charge < -0.3 is 25.6 Å². The van der Waals surface area contributed by atoms with E-state index in [9.17, 15) is 28.2 Å². The fourth-order valence-electron chi connectivity index (χ4n) is 3.86. The summed E-state index contributed by atoms with van der Waals surface area (Å²) in [7, 11) is 1.18. The number of ether oxygens (including phenoxy) is 1. The van der Waals surface area contributed by atoms with Crippen molar-refractivity contribution in [2.24, 2.45) is 0 Å². The van der Waals surface area contributed by atoms with E-state index < -0.39 is 29.3 Å². The average molecular weight is 452 g/mol. The highest BCUT2D eigenvalue weighted by atomic mass is 19.4. The standard InChI is InChI=1S/C23H27F3N2O4/c1-22(2,3)13-9-16(20(30)23(24,25)26)19(32-4)17(10-13)28-21(31)27-14-8-12-6-5-7-18(29)15(12)11-14/h5-7,9-10,14,20,29-30H,8,11H2,1-4H3,(H2,27,28,31)/t14-,20+/m0/s1. The van der Waals surface area contributed by atoms with E-state index >= 15 is 0 Å². The number of benzene rings is 2. The normalized spacial score (nSPS) is 16.9. The van der Waals surface area contributed by atoms with Crippen LogP contribution in [0.1, 0.15) is 49.1 Å². The molecule has 0 bridgehead atoms. The number of amides is 2. The van der Waals surface area contributed by atoms with E-state index in [1.165, 1.54) is 13.2 Å². The van der Waals surface area contributed by atoms with Crippen molar-refractivity contribution in [2.45, 2.75) is 57.3 Å². The maximum atomic E-state index is 13.3. The van der Waals surface area contributed by atoms with Gasteiger partial charge in [0, 0.05) is 11.6 Å². The number of methoxy groups -OCH3 is 1. The lowest BCUT2D eigenvalue weighted by Crippen LogP contribution is -2.38. The Morgan fingerprint density at radius 1 is 1.19 bits per heavy atom. The highest BCUT2D eigenvalue weighted by molar-refractivity contribution is 5.92. The van der Waals surface area contributed by atoms with Gasteiger partial charge in [0.1, 0.15) is 11.5 Å². The summed E-state index contributed by atoms with van der Waals surface area (Å²) in [6.07, 6.45) is -6.71. The number of urea groups is 1. The van der Waals surface area contributed by atoms with Gasteiger partial charge in [0.2, 0.25) is 0 Å². The van der Waals surface area contributed by atoms with E-state index in [0.717, 1.165) is 11.1 Å². The Hall–Kier alpha value is -2.94. The number of phenolic OH excluding ortho intramolecular Hbond substituents is 1. The van der Waals surface area contributed by atoms with Crippen LogP contribution in [0, 0.1) is 0 Å². The summed E-state index contributed by atoms with van der Waals surface area (Å²) in [5.74, 6) is -0.0946. The molecule has 0 saturated heterocycles. The molecule has 2 atom stereocenters. The van der Waals surface area contributed by atoms with Crippen molar-refractivity contribution in [2.75, 3.05) is 12.4 Å². The van der Waals surface area contributed by atoms with Crippen LogP contribution in [0.15, 0.2) is 30.3 Å². The van der Waals surface area contributed by atoms with E-state index in [-0.39, 0.29) is 23.2 Å². The molecule has 32 heavy (non-hydrogen) atoms. The van der Waals surface area contributed by atoms with Crippen LogP contribution < -0.4 is 15.4 Å². The van der Waals surface area contributed by atoms with E-state index in [1.54, 1.807) is 18.2 Å². The van der Waals surface area contributed by atoms with Crippen molar-refractivity contribution in [1.82, 2.24) is 5.32 Å². The molecule has 1 aliphatic rings. The molecule has 2 aromatic rings. The molecule has 0 aromatic heterocycles. The summed E-state index contributed by atoms with van der Waals surface area (Å²) in [5, 5.41) is 25.3. The first kappa shape index (κ1) is 23.7. The Morgan fingerprint density at radius 3 is 2.44 bits per heavy atom. The molecule has 0 heterocycles. The van der Waals surface area contributed by atoms with E-state index in [2.05, 4.69) is 10.6 Å². The Bertz CT molecular complexity index is 1020. The average Bonchev–Trinajstić information content (AvgIpc) is 3.09. The number of phenols is 1. The van der Waals surface area contributed by atoms with Crippen LogP contribution in [0.4, 0.5) is 23.7 Å². The molecule has 4 N–H and O–H groups in total. The van der Waals surface area contributed by atoms with Crippen LogP contribution in [0.3, 0.4) is 0 Å². The van der Waals surface area contributed by atoms with E-state index in [1.807, 2.05) is 26.8 Å². The summed E-state index contributed by atoms with van der Waals surface area (Å²) in [5.41, 5.74) is 1.18. The third kappa shape index (κ3) is 4.93. The number of aliphatic hydroxyl groups excluding tert-OH is 1. The quantitative estimate of drug-likeness (QED) is 0.547. The summed E-state index contributed by atoms with van der Waals surface area (Å²) in [6.45, 7) is 5.43. The number of fused-ring (bicyclic) bond motifs is 1. The fraction of sp³-hybridized carbons (Fsp3) is 0.435. The number of anilines is 1. The number of hydrogen-bond donors (Lipinski definition) is 4. The molecule has 6 nitrogen and oxygen atoms in total. The molecule has 174 valence electrons. The lowest BCUT2D eigenvalue weighted by molar-refractivity contribution is -0.207. The predicted molar refractivity (Wildman–Crippen MR) is 114 cm³/mol. The molecule has 0 spiro atoms. The number of halogens is 3. The zero-order valence-corrected chi connectivity index (χ0v) is 18.3. The number of rotatable bonds is 4. The van der Waals surface area contributed by atoms with Crippen molar-refractivity contribution in [1.29, 1.82) is 0 Å². The van der Waals surface area contributed by atoms with Crippen LogP contribution in [0.2, 0.25) is 0 Å². The monoisotopic (exact) mass is 452 g/mol. The molecule has 0 fully saturated rings. The summed E-state index contributed by atoms with van der Waals surface area (Å²) < 4.78 is 45.0. The van der Waals surface area contributed by atoms with Crippen molar-refractivity contribution in [3.8, 4) is 11.5 Å². The van der Waals surface area contributed by atoms with Crippen LogP contribution in [0.5, 0.6) is 11.5 Å². The maximum Gasteiger partial charge on any atom is 0.418 e. The number of aromatic hydroxyl groups is 1. The number of carbonyl (C=O) groups excluding carboxylic acids is 1. The highest BCUT2D eigenvalue weighted by Gasteiger charge is 2.42. The topological polar surface area (TPSA) is 90.8 Å². The van der Waals surface area contributed by atoms with E-state index in [0.29, 0.717) is 18.4 Å². The van der Waals surface area contributed by atoms with Gasteiger partial charge in [0.05, 0.1) is 12.8 Å². The predicted octanol–water partition coefficient (Wildman–Crippen LogP) is 4.58. The molecule has 0 aliphatic heterocycles. The molecule has 0 saturated carbocycles. The molecule has 2 amide bonds. The van der Waals surface area contributed by atoms with Crippen molar-refractivity contribution in [3.63, 3.8) is 0 Å². The number of hydrogen-bond acceptors (Lipinski definition) is 4. The van der Waals surface area contributed by atoms with Gasteiger partial charge >= 0.3 is 12.2 Å². The lowest BCUT2D eigenvalue weighted by Gasteiger charge is -2.26. The van der Waals surface area contributed by atoms with Gasteiger partial charge in [0.25, 0.3) is 0 Å². The third-order valence-electron chi connectivity index (χ3n) is 5.54. The van der Waals surface area contributed by atoms with Crippen LogP contribution in [-0.2, 0) is 18.3 Å². The lowest BCUT2D eigenvalue weighted by atomic mass is 9.84. The van der Waals surface area contributed by atoms with Crippen molar-refractivity contribution >= 4 is 11.7 Å². The first-order valence-corrected chi connectivity index (χ1v) is 10.2. The molecule has 1 aliphatic carbocycles. The number of alkyl halides is 3. The van der Waals surface area contributed by atoms with Gasteiger partial charge in [-0.3, -0.25) is 0 Å². The van der Waals surface area contributed by atoms with Gasteiger partial charge in [-0.2, -0.15) is 13.2 Å². The Balaban J connectivity index is 1.88. The molecular formula is C23H27F3N2O4. The first-order chi connectivity index (χ1) is 14.8. The third-order valence-corrected chi connectivity index (χ3v) is 5.54. The summed E-state index contributed by atoms with van der Waals surface area (Å²) in [6, 6.07) is 7.06. The second-order valence-corrected chi connectivity index (χ2v) is 8.96. The minimum atomic E-state index is -4.90. The molecule has 0 radical (unpaired) electrons. The number of nitrogens with one attached hydrogen (secondary N) is 2. The van der Waals surface area contributed by atoms with E-state index in [4.69, 9.17) is 4.74 Å². The Kier molecular flexibility index (Phi) is 6.33. The van der Waals surface area contributed by atoms with Gasteiger partial charge in [-0.25, -0.2) is 4.79 Å². The SMILES string of the molecule is COc1c(NC(=O)N[C@H]2Cc3cccc(O)c3C2)cc(C(C)(C)C)cc1[C@@H](O)C(F)(F)F. The second-order valence-electron chi connectivity index (χ2n) is 8.96. The van der Waals surface area contributed by atoms with Crippen molar-refractivity contribution < 1.29 is 32.9 Å². The zero-order chi connectivity index (χ0) is 23.8. The van der Waals surface area contributed by atoms with Gasteiger partial charge in [-0.15, -0.1) is 0 Å². The highest BCUT2D eigenvalue weighted by Crippen LogP contribution is 2.43. The molecular weight excluding hydrogens is 425 g/mol. The first-order valence-electron chi connectivity index (χ1n) is 10.2. The number of aliphatic hydroxyl groups is 1. The van der Waals surface area contributed by atoms with Gasteiger partial charge in [0.15, 0.2) is 6.10 Å². The smallest absolute Gasteiger partial charge is 0.418 e. The van der Waals surface area contributed by atoms with Gasteiger partial charge in [-0.1, -0.05) is 32.9 Å². The summed E-state index contributed by atoms with van der Waals surface area (Å²) in [4.78, 5) is 12.7. The van der Waals surface area contributed by atoms with Crippen LogP contribution in [-0.4, -0.2) is 35.6 Å². The largest absolute Gasteiger partial charge is 0.508 e. The summed E-state index contributed by atoms with van der Waals surface area (Å²) >= 11 is 0. The fourth-order valence-corrected chi connectivity index (χ4v) is 3.86. The van der Waals surface area contributed by atoms with Crippen molar-refractivity contribution in [3.05, 3.63) is 52.6 Å². The number of carbonyl (C=O) groups is 1. The minimum Gasteiger partial charge on any atom is -0.508 e. The second kappa shape index (κ2) is 8.54. The van der Waals surface area contributed by atoms with Crippen LogP contribution >= 0.6 is 0 Å². The van der Waals surface area contributed by atoms with Gasteiger partial charge in [-0.05, 0) is 53.1 Å². The molecule has 2 aromatic carbocycles. The van der Waals surface area contributed by atoms with Crippen LogP contribution in [0.25, 0.3) is 0 Å². The molecule has 0 unspecified atom stereocenters.